The monoisotopic (exact) mass is 333 g/mol. The van der Waals surface area contributed by atoms with E-state index < -0.39 is 15.8 Å². The second kappa shape index (κ2) is 5.47. The molecule has 0 aliphatic carbocycles. The highest BCUT2D eigenvalue weighted by molar-refractivity contribution is 7.92. The summed E-state index contributed by atoms with van der Waals surface area (Å²) < 4.78 is 41.1. The van der Waals surface area contributed by atoms with Crippen molar-refractivity contribution in [2.24, 2.45) is 7.05 Å². The van der Waals surface area contributed by atoms with Crippen molar-refractivity contribution in [3.05, 3.63) is 65.0 Å². The van der Waals surface area contributed by atoms with E-state index in [0.717, 1.165) is 12.1 Å². The molecule has 0 bridgehead atoms. The number of aryl methyl sites for hydroxylation is 1. The van der Waals surface area contributed by atoms with Gasteiger partial charge < -0.3 is 4.57 Å². The van der Waals surface area contributed by atoms with Gasteiger partial charge in [0, 0.05) is 7.05 Å². The zero-order valence-electron chi connectivity index (χ0n) is 12.0. The molecule has 0 amide bonds. The molecule has 0 radical (unpaired) electrons. The van der Waals surface area contributed by atoms with Gasteiger partial charge in [-0.3, -0.25) is 9.52 Å². The average molecular weight is 333 g/mol. The van der Waals surface area contributed by atoms with E-state index in [1.165, 1.54) is 41.2 Å². The minimum atomic E-state index is -3.84. The molecule has 0 saturated heterocycles. The van der Waals surface area contributed by atoms with Crippen molar-refractivity contribution in [3.8, 4) is 0 Å². The number of aromatic nitrogens is 2. The molecule has 3 rings (SSSR count). The van der Waals surface area contributed by atoms with E-state index in [1.54, 1.807) is 7.05 Å². The average Bonchev–Trinajstić information content (AvgIpc) is 2.51. The summed E-state index contributed by atoms with van der Waals surface area (Å²) >= 11 is 0. The highest BCUT2D eigenvalue weighted by atomic mass is 32.2. The van der Waals surface area contributed by atoms with E-state index in [2.05, 4.69) is 9.71 Å². The predicted molar refractivity (Wildman–Crippen MR) is 84.2 cm³/mol. The van der Waals surface area contributed by atoms with Gasteiger partial charge in [0.25, 0.3) is 15.6 Å². The maximum absolute atomic E-state index is 12.9. The lowest BCUT2D eigenvalue weighted by Gasteiger charge is -2.09. The van der Waals surface area contributed by atoms with Crippen LogP contribution in [0.25, 0.3) is 10.9 Å². The number of sulfonamides is 1. The van der Waals surface area contributed by atoms with E-state index in [9.17, 15) is 17.6 Å². The molecule has 118 valence electrons. The second-order valence-electron chi connectivity index (χ2n) is 4.95. The van der Waals surface area contributed by atoms with Gasteiger partial charge in [0.15, 0.2) is 0 Å². The Hall–Kier alpha value is -2.74. The third-order valence-corrected chi connectivity index (χ3v) is 4.69. The van der Waals surface area contributed by atoms with Crippen LogP contribution in [0.1, 0.15) is 0 Å². The molecule has 1 aromatic heterocycles. The second-order valence-corrected chi connectivity index (χ2v) is 6.63. The number of hydrogen-bond acceptors (Lipinski definition) is 4. The number of nitrogens with one attached hydrogen (secondary N) is 1. The molecule has 1 heterocycles. The zero-order chi connectivity index (χ0) is 16.6. The smallest absolute Gasteiger partial charge is 0.261 e. The summed E-state index contributed by atoms with van der Waals surface area (Å²) in [6.07, 6.45) is 1.36. The standard InChI is InChI=1S/C15H12FN3O3S/c1-19-9-17-14-8-11(4-7-13(14)15(19)20)18-23(21,22)12-5-2-10(16)3-6-12/h2-9,18H,1H3. The Labute approximate surface area is 131 Å². The van der Waals surface area contributed by atoms with Gasteiger partial charge in [-0.05, 0) is 42.5 Å². The van der Waals surface area contributed by atoms with Crippen molar-refractivity contribution < 1.29 is 12.8 Å². The highest BCUT2D eigenvalue weighted by Crippen LogP contribution is 2.19. The fourth-order valence-electron chi connectivity index (χ4n) is 2.10. The van der Waals surface area contributed by atoms with Crippen molar-refractivity contribution in [2.45, 2.75) is 4.90 Å². The summed E-state index contributed by atoms with van der Waals surface area (Å²) in [6.45, 7) is 0. The van der Waals surface area contributed by atoms with E-state index >= 15 is 0 Å². The van der Waals surface area contributed by atoms with Crippen molar-refractivity contribution in [3.63, 3.8) is 0 Å². The normalized spacial score (nSPS) is 11.6. The Morgan fingerprint density at radius 1 is 1.13 bits per heavy atom. The molecule has 23 heavy (non-hydrogen) atoms. The van der Waals surface area contributed by atoms with Gasteiger partial charge in [-0.15, -0.1) is 0 Å². The molecule has 3 aromatic rings. The van der Waals surface area contributed by atoms with Crippen LogP contribution < -0.4 is 10.3 Å². The first-order chi connectivity index (χ1) is 10.9. The van der Waals surface area contributed by atoms with Gasteiger partial charge in [0.1, 0.15) is 5.82 Å². The summed E-state index contributed by atoms with van der Waals surface area (Å²) in [7, 11) is -2.26. The summed E-state index contributed by atoms with van der Waals surface area (Å²) in [5, 5.41) is 0.389. The van der Waals surface area contributed by atoms with Crippen LogP contribution in [-0.4, -0.2) is 18.0 Å². The summed E-state index contributed by atoms with van der Waals surface area (Å²) in [5.74, 6) is -0.519. The third kappa shape index (κ3) is 2.93. The lowest BCUT2D eigenvalue weighted by atomic mass is 10.2. The molecule has 0 fully saturated rings. The Kier molecular flexibility index (Phi) is 3.61. The molecule has 0 aliphatic rings. The maximum Gasteiger partial charge on any atom is 0.261 e. The molecule has 1 N–H and O–H groups in total. The number of hydrogen-bond donors (Lipinski definition) is 1. The fraction of sp³-hybridized carbons (Fsp3) is 0.0667. The van der Waals surface area contributed by atoms with Crippen LogP contribution in [0.5, 0.6) is 0 Å². The quantitative estimate of drug-likeness (QED) is 0.793. The fourth-order valence-corrected chi connectivity index (χ4v) is 3.15. The lowest BCUT2D eigenvalue weighted by Crippen LogP contribution is -2.17. The van der Waals surface area contributed by atoms with Crippen LogP contribution >= 0.6 is 0 Å². The largest absolute Gasteiger partial charge is 0.302 e. The van der Waals surface area contributed by atoms with Gasteiger partial charge >= 0.3 is 0 Å². The Balaban J connectivity index is 1.99. The minimum absolute atomic E-state index is 0.0593. The van der Waals surface area contributed by atoms with E-state index in [1.807, 2.05) is 0 Å². The minimum Gasteiger partial charge on any atom is -0.302 e. The van der Waals surface area contributed by atoms with Gasteiger partial charge in [-0.2, -0.15) is 0 Å². The molecular weight excluding hydrogens is 321 g/mol. The van der Waals surface area contributed by atoms with Crippen LogP contribution in [0, 0.1) is 5.82 Å². The number of benzene rings is 2. The summed E-state index contributed by atoms with van der Waals surface area (Å²) in [5.41, 5.74) is 0.429. The van der Waals surface area contributed by atoms with Crippen molar-refractivity contribution in [1.82, 2.24) is 9.55 Å². The lowest BCUT2D eigenvalue weighted by molar-refractivity contribution is 0.599. The van der Waals surface area contributed by atoms with Crippen LogP contribution in [-0.2, 0) is 17.1 Å². The van der Waals surface area contributed by atoms with E-state index in [0.29, 0.717) is 10.9 Å². The number of anilines is 1. The van der Waals surface area contributed by atoms with E-state index in [-0.39, 0.29) is 16.1 Å². The van der Waals surface area contributed by atoms with Crippen LogP contribution in [0.3, 0.4) is 0 Å². The molecule has 0 spiro atoms. The zero-order valence-corrected chi connectivity index (χ0v) is 12.8. The van der Waals surface area contributed by atoms with Crippen molar-refractivity contribution in [2.75, 3.05) is 4.72 Å². The molecule has 8 heteroatoms. The first-order valence-electron chi connectivity index (χ1n) is 6.60. The Bertz CT molecular complexity index is 1040. The highest BCUT2D eigenvalue weighted by Gasteiger charge is 2.14. The molecular formula is C15H12FN3O3S. The predicted octanol–water partition coefficient (Wildman–Crippen LogP) is 1.87. The van der Waals surface area contributed by atoms with Crippen LogP contribution in [0.15, 0.2) is 58.5 Å². The Morgan fingerprint density at radius 3 is 2.52 bits per heavy atom. The molecule has 0 unspecified atom stereocenters. The van der Waals surface area contributed by atoms with Crippen LogP contribution in [0.4, 0.5) is 10.1 Å². The van der Waals surface area contributed by atoms with Gasteiger partial charge in [-0.1, -0.05) is 0 Å². The van der Waals surface area contributed by atoms with Gasteiger partial charge in [0.2, 0.25) is 0 Å². The van der Waals surface area contributed by atoms with Crippen molar-refractivity contribution in [1.29, 1.82) is 0 Å². The Morgan fingerprint density at radius 2 is 1.83 bits per heavy atom. The van der Waals surface area contributed by atoms with Gasteiger partial charge in [0.05, 0.1) is 27.8 Å². The van der Waals surface area contributed by atoms with Gasteiger partial charge in [-0.25, -0.2) is 17.8 Å². The number of fused-ring (bicyclic) bond motifs is 1. The summed E-state index contributed by atoms with van der Waals surface area (Å²) in [6, 6.07) is 8.94. The molecule has 2 aromatic carbocycles. The molecule has 0 aliphatic heterocycles. The summed E-state index contributed by atoms with van der Waals surface area (Å²) in [4.78, 5) is 16.0. The number of nitrogens with zero attached hydrogens (tertiary/aromatic N) is 2. The molecule has 0 atom stereocenters. The first-order valence-corrected chi connectivity index (χ1v) is 8.09. The number of halogens is 1. The SMILES string of the molecule is Cn1cnc2cc(NS(=O)(=O)c3ccc(F)cc3)ccc2c1=O. The van der Waals surface area contributed by atoms with Crippen molar-refractivity contribution >= 4 is 26.6 Å². The third-order valence-electron chi connectivity index (χ3n) is 3.29. The topological polar surface area (TPSA) is 81.1 Å². The maximum atomic E-state index is 12.9. The molecule has 6 nitrogen and oxygen atoms in total. The first kappa shape index (κ1) is 15.2. The van der Waals surface area contributed by atoms with Crippen LogP contribution in [0.2, 0.25) is 0 Å². The number of rotatable bonds is 3. The van der Waals surface area contributed by atoms with E-state index in [4.69, 9.17) is 0 Å². The molecule has 0 saturated carbocycles.